The van der Waals surface area contributed by atoms with Gasteiger partial charge in [0.1, 0.15) is 0 Å². The van der Waals surface area contributed by atoms with Crippen LogP contribution in [0.1, 0.15) is 25.3 Å². The topological polar surface area (TPSA) is 87.7 Å². The Balaban J connectivity index is 1.67. The van der Waals surface area contributed by atoms with Gasteiger partial charge < -0.3 is 20.3 Å². The molecule has 0 aliphatic heterocycles. The van der Waals surface area contributed by atoms with Crippen LogP contribution in [0.15, 0.2) is 54.6 Å². The van der Waals surface area contributed by atoms with Gasteiger partial charge in [0.25, 0.3) is 0 Å². The lowest BCUT2D eigenvalue weighted by Crippen LogP contribution is -2.34. The summed E-state index contributed by atoms with van der Waals surface area (Å²) in [6, 6.07) is 16.7. The Morgan fingerprint density at radius 2 is 1.67 bits per heavy atom. The van der Waals surface area contributed by atoms with Gasteiger partial charge in [-0.05, 0) is 42.0 Å². The molecule has 0 radical (unpaired) electrons. The Hall–Kier alpha value is -3.26. The Kier molecular flexibility index (Phi) is 8.96. The van der Waals surface area contributed by atoms with Crippen molar-refractivity contribution in [1.29, 1.82) is 0 Å². The predicted octanol–water partition coefficient (Wildman–Crippen LogP) is 3.05. The Bertz CT molecular complexity index is 885. The summed E-state index contributed by atoms with van der Waals surface area (Å²) in [7, 11) is 1.68. The van der Waals surface area contributed by atoms with Crippen molar-refractivity contribution < 1.29 is 19.1 Å². The zero-order chi connectivity index (χ0) is 21.9. The number of anilines is 2. The van der Waals surface area contributed by atoms with Crippen molar-refractivity contribution in [3.05, 3.63) is 60.2 Å². The maximum absolute atomic E-state index is 12.0. The fraction of sp³-hybridized carbons (Fsp3) is 0.273. The van der Waals surface area contributed by atoms with Crippen LogP contribution in [-0.2, 0) is 25.5 Å². The third kappa shape index (κ3) is 8.00. The summed E-state index contributed by atoms with van der Waals surface area (Å²) >= 11 is 5.12. The monoisotopic (exact) mass is 427 g/mol. The van der Waals surface area contributed by atoms with Gasteiger partial charge in [0, 0.05) is 38.2 Å². The van der Waals surface area contributed by atoms with E-state index in [4.69, 9.17) is 17.0 Å². The minimum atomic E-state index is -0.426. The molecule has 2 aromatic rings. The molecule has 8 heteroatoms. The fourth-order valence-electron chi connectivity index (χ4n) is 2.52. The van der Waals surface area contributed by atoms with Gasteiger partial charge in [-0.25, -0.2) is 0 Å². The molecule has 0 saturated heterocycles. The van der Waals surface area contributed by atoms with Crippen LogP contribution < -0.4 is 15.5 Å². The van der Waals surface area contributed by atoms with Gasteiger partial charge in [0.05, 0.1) is 13.0 Å². The highest BCUT2D eigenvalue weighted by Gasteiger charge is 2.10. The number of carbonyl (C=O) groups excluding carboxylic acids is 3. The highest BCUT2D eigenvalue weighted by atomic mass is 32.1. The molecule has 2 aromatic carbocycles. The lowest BCUT2D eigenvalue weighted by atomic mass is 10.2. The number of nitrogens with zero attached hydrogens (tertiary/aromatic N) is 1. The fourth-order valence-corrected chi connectivity index (χ4v) is 2.75. The molecule has 0 aliphatic carbocycles. The number of benzene rings is 2. The molecule has 0 atom stereocenters. The first-order valence-electron chi connectivity index (χ1n) is 9.50. The Labute approximate surface area is 181 Å². The Morgan fingerprint density at radius 1 is 1.00 bits per heavy atom. The predicted molar refractivity (Wildman–Crippen MR) is 120 cm³/mol. The van der Waals surface area contributed by atoms with Gasteiger partial charge in [-0.15, -0.1) is 0 Å². The molecule has 0 heterocycles. The molecule has 0 aromatic heterocycles. The molecule has 0 fully saturated rings. The smallest absolute Gasteiger partial charge is 0.306 e. The average Bonchev–Trinajstić information content (AvgIpc) is 2.73. The summed E-state index contributed by atoms with van der Waals surface area (Å²) in [5, 5.41) is 5.55. The van der Waals surface area contributed by atoms with Crippen molar-refractivity contribution in [2.75, 3.05) is 23.9 Å². The summed E-state index contributed by atoms with van der Waals surface area (Å²) in [5.74, 6) is -0.873. The molecule has 0 spiro atoms. The molecule has 0 aliphatic rings. The van der Waals surface area contributed by atoms with E-state index < -0.39 is 5.97 Å². The first-order chi connectivity index (χ1) is 14.3. The lowest BCUT2D eigenvalue weighted by Gasteiger charge is -2.16. The van der Waals surface area contributed by atoms with E-state index in [1.54, 1.807) is 31.3 Å². The van der Waals surface area contributed by atoms with Crippen LogP contribution in [0.5, 0.6) is 0 Å². The zero-order valence-corrected chi connectivity index (χ0v) is 17.8. The second-order valence-corrected chi connectivity index (χ2v) is 6.99. The number of rotatable bonds is 8. The van der Waals surface area contributed by atoms with Crippen LogP contribution in [0.3, 0.4) is 0 Å². The number of amides is 2. The SMILES string of the molecule is CC(=O)N(C)c1ccc(NC(=S)NC(=O)CCC(=O)OCCc2ccccc2)cc1. The van der Waals surface area contributed by atoms with Crippen molar-refractivity contribution >= 4 is 46.5 Å². The lowest BCUT2D eigenvalue weighted by molar-refractivity contribution is -0.144. The van der Waals surface area contributed by atoms with Crippen molar-refractivity contribution in [2.45, 2.75) is 26.2 Å². The van der Waals surface area contributed by atoms with E-state index in [1.807, 2.05) is 30.3 Å². The van der Waals surface area contributed by atoms with Crippen LogP contribution in [-0.4, -0.2) is 36.6 Å². The van der Waals surface area contributed by atoms with E-state index in [2.05, 4.69) is 10.6 Å². The first kappa shape index (κ1) is 23.0. The number of thiocarbonyl (C=S) groups is 1. The van der Waals surface area contributed by atoms with Crippen LogP contribution in [0.25, 0.3) is 0 Å². The number of ether oxygens (including phenoxy) is 1. The quantitative estimate of drug-likeness (QED) is 0.497. The van der Waals surface area contributed by atoms with Crippen molar-refractivity contribution in [2.24, 2.45) is 0 Å². The van der Waals surface area contributed by atoms with Crippen LogP contribution >= 0.6 is 12.2 Å². The maximum atomic E-state index is 12.0. The minimum Gasteiger partial charge on any atom is -0.465 e. The van der Waals surface area contributed by atoms with Gasteiger partial charge in [-0.1, -0.05) is 30.3 Å². The van der Waals surface area contributed by atoms with Crippen molar-refractivity contribution in [3.8, 4) is 0 Å². The number of carbonyl (C=O) groups is 3. The second kappa shape index (κ2) is 11.7. The first-order valence-corrected chi connectivity index (χ1v) is 9.90. The summed E-state index contributed by atoms with van der Waals surface area (Å²) in [6.07, 6.45) is 0.595. The summed E-state index contributed by atoms with van der Waals surface area (Å²) in [6.45, 7) is 1.76. The molecule has 7 nitrogen and oxygen atoms in total. The van der Waals surface area contributed by atoms with Crippen LogP contribution in [0, 0.1) is 0 Å². The standard InChI is InChI=1S/C22H25N3O4S/c1-16(26)25(2)19-10-8-18(9-11-19)23-22(30)24-20(27)12-13-21(28)29-15-14-17-6-4-3-5-7-17/h3-11H,12-15H2,1-2H3,(H2,23,24,27,30). The number of nitrogens with one attached hydrogen (secondary N) is 2. The van der Waals surface area contributed by atoms with Crippen molar-refractivity contribution in [3.63, 3.8) is 0 Å². The van der Waals surface area contributed by atoms with Gasteiger partial charge in [-0.3, -0.25) is 14.4 Å². The summed E-state index contributed by atoms with van der Waals surface area (Å²) in [5.41, 5.74) is 2.50. The van der Waals surface area contributed by atoms with E-state index >= 15 is 0 Å². The van der Waals surface area contributed by atoms with Crippen LogP contribution in [0.2, 0.25) is 0 Å². The van der Waals surface area contributed by atoms with E-state index in [1.165, 1.54) is 11.8 Å². The molecule has 0 bridgehead atoms. The molecule has 30 heavy (non-hydrogen) atoms. The molecule has 2 amide bonds. The molecular formula is C22H25N3O4S. The largest absolute Gasteiger partial charge is 0.465 e. The summed E-state index contributed by atoms with van der Waals surface area (Å²) in [4.78, 5) is 36.6. The number of hydrogen-bond acceptors (Lipinski definition) is 5. The maximum Gasteiger partial charge on any atom is 0.306 e. The number of esters is 1. The van der Waals surface area contributed by atoms with E-state index in [0.29, 0.717) is 12.1 Å². The minimum absolute atomic E-state index is 0.0185. The highest BCUT2D eigenvalue weighted by molar-refractivity contribution is 7.80. The molecule has 2 rings (SSSR count). The molecule has 0 saturated carbocycles. The van der Waals surface area contributed by atoms with E-state index in [0.717, 1.165) is 11.3 Å². The van der Waals surface area contributed by atoms with E-state index in [-0.39, 0.29) is 36.4 Å². The van der Waals surface area contributed by atoms with E-state index in [9.17, 15) is 14.4 Å². The Morgan fingerprint density at radius 3 is 2.30 bits per heavy atom. The molecule has 2 N–H and O–H groups in total. The van der Waals surface area contributed by atoms with Crippen LogP contribution in [0.4, 0.5) is 11.4 Å². The molecule has 158 valence electrons. The summed E-state index contributed by atoms with van der Waals surface area (Å²) < 4.78 is 5.15. The van der Waals surface area contributed by atoms with Gasteiger partial charge in [-0.2, -0.15) is 0 Å². The molecular weight excluding hydrogens is 402 g/mol. The third-order valence-corrected chi connectivity index (χ3v) is 4.49. The van der Waals surface area contributed by atoms with Gasteiger partial charge in [0.2, 0.25) is 11.8 Å². The average molecular weight is 428 g/mol. The second-order valence-electron chi connectivity index (χ2n) is 6.58. The highest BCUT2D eigenvalue weighted by Crippen LogP contribution is 2.16. The normalized spacial score (nSPS) is 10.1. The van der Waals surface area contributed by atoms with Gasteiger partial charge >= 0.3 is 5.97 Å². The van der Waals surface area contributed by atoms with Gasteiger partial charge in [0.15, 0.2) is 5.11 Å². The molecule has 0 unspecified atom stereocenters. The zero-order valence-electron chi connectivity index (χ0n) is 17.0. The van der Waals surface area contributed by atoms with Crippen molar-refractivity contribution in [1.82, 2.24) is 5.32 Å². The third-order valence-electron chi connectivity index (χ3n) is 4.29. The number of hydrogen-bond donors (Lipinski definition) is 2.